The van der Waals surface area contributed by atoms with Gasteiger partial charge in [-0.25, -0.2) is 0 Å². The molecule has 9 nitrogen and oxygen atoms in total. The molecule has 1 atom stereocenters. The minimum absolute atomic E-state index is 0.0507. The van der Waals surface area contributed by atoms with Crippen LogP contribution in [0.15, 0.2) is 30.5 Å². The molecule has 3 aromatic rings. The van der Waals surface area contributed by atoms with E-state index in [1.165, 1.54) is 30.2 Å². The van der Waals surface area contributed by atoms with Gasteiger partial charge >= 0.3 is 6.18 Å². The molecule has 0 spiro atoms. The molecule has 0 radical (unpaired) electrons. The molecule has 3 heterocycles. The van der Waals surface area contributed by atoms with Gasteiger partial charge in [-0.1, -0.05) is 6.07 Å². The molecular formula is C21H24F3N5O4. The summed E-state index contributed by atoms with van der Waals surface area (Å²) in [6.45, 7) is 0.748. The van der Waals surface area contributed by atoms with Crippen molar-refractivity contribution in [2.75, 3.05) is 51.9 Å². The Hall–Kier alpha value is -3.09. The van der Waals surface area contributed by atoms with Gasteiger partial charge in [-0.15, -0.1) is 0 Å². The number of hydrogen-bond donors (Lipinski definition) is 3. The number of nitrogens with one attached hydrogen (secondary N) is 2. The van der Waals surface area contributed by atoms with Crippen LogP contribution in [0.4, 0.5) is 24.8 Å². The molecular weight excluding hydrogens is 443 g/mol. The SMILES string of the molecule is COc1cc([C@@H](N2CCOCC2)C(F)(F)F)ccc1Nc1nc(OCCO)c2cc[nH]c2n1. The van der Waals surface area contributed by atoms with Crippen molar-refractivity contribution in [1.82, 2.24) is 19.9 Å². The van der Waals surface area contributed by atoms with E-state index in [2.05, 4.69) is 20.3 Å². The number of nitrogens with zero attached hydrogens (tertiary/aromatic N) is 3. The molecule has 1 saturated heterocycles. The number of aromatic amines is 1. The highest BCUT2D eigenvalue weighted by molar-refractivity contribution is 5.82. The number of anilines is 2. The highest BCUT2D eigenvalue weighted by Crippen LogP contribution is 2.41. The molecule has 3 N–H and O–H groups in total. The first kappa shape index (κ1) is 23.1. The smallest absolute Gasteiger partial charge is 0.408 e. The number of alkyl halides is 3. The number of methoxy groups -OCH3 is 1. The first-order chi connectivity index (χ1) is 15.9. The summed E-state index contributed by atoms with van der Waals surface area (Å²) in [5.74, 6) is 0.630. The maximum atomic E-state index is 13.9. The van der Waals surface area contributed by atoms with Crippen molar-refractivity contribution in [3.63, 3.8) is 0 Å². The second-order valence-electron chi connectivity index (χ2n) is 7.34. The van der Waals surface area contributed by atoms with Crippen LogP contribution in [-0.4, -0.2) is 77.8 Å². The first-order valence-electron chi connectivity index (χ1n) is 10.3. The van der Waals surface area contributed by atoms with Gasteiger partial charge in [0.2, 0.25) is 11.8 Å². The third kappa shape index (κ3) is 5.13. The average molecular weight is 467 g/mol. The number of H-pyrrole nitrogens is 1. The Kier molecular flexibility index (Phi) is 6.86. The van der Waals surface area contributed by atoms with Gasteiger partial charge in [-0.3, -0.25) is 4.90 Å². The molecule has 0 saturated carbocycles. The predicted molar refractivity (Wildman–Crippen MR) is 114 cm³/mol. The zero-order valence-corrected chi connectivity index (χ0v) is 17.9. The van der Waals surface area contributed by atoms with E-state index in [-0.39, 0.29) is 62.7 Å². The van der Waals surface area contributed by atoms with Crippen molar-refractivity contribution in [3.8, 4) is 11.6 Å². The van der Waals surface area contributed by atoms with E-state index in [0.717, 1.165) is 0 Å². The van der Waals surface area contributed by atoms with Crippen molar-refractivity contribution in [2.24, 2.45) is 0 Å². The molecule has 178 valence electrons. The second-order valence-corrected chi connectivity index (χ2v) is 7.34. The van der Waals surface area contributed by atoms with Crippen LogP contribution in [0, 0.1) is 0 Å². The highest BCUT2D eigenvalue weighted by atomic mass is 19.4. The minimum Gasteiger partial charge on any atom is -0.495 e. The summed E-state index contributed by atoms with van der Waals surface area (Å²) < 4.78 is 57.9. The fraction of sp³-hybridized carbons (Fsp3) is 0.429. The Morgan fingerprint density at radius 1 is 1.24 bits per heavy atom. The summed E-state index contributed by atoms with van der Waals surface area (Å²) in [6.07, 6.45) is -2.79. The molecule has 4 rings (SSSR count). The lowest BCUT2D eigenvalue weighted by atomic mass is 10.0. The number of morpholine rings is 1. The van der Waals surface area contributed by atoms with Crippen molar-refractivity contribution in [2.45, 2.75) is 12.2 Å². The number of hydrogen-bond acceptors (Lipinski definition) is 8. The van der Waals surface area contributed by atoms with Crippen molar-refractivity contribution >= 4 is 22.7 Å². The maximum absolute atomic E-state index is 13.9. The highest BCUT2D eigenvalue weighted by Gasteiger charge is 2.45. The Labute approximate surface area is 187 Å². The lowest BCUT2D eigenvalue weighted by Crippen LogP contribution is -2.44. The summed E-state index contributed by atoms with van der Waals surface area (Å²) in [7, 11) is 1.38. The van der Waals surface area contributed by atoms with Crippen LogP contribution in [0.3, 0.4) is 0 Å². The molecule has 0 bridgehead atoms. The van der Waals surface area contributed by atoms with Gasteiger partial charge < -0.3 is 29.6 Å². The monoisotopic (exact) mass is 467 g/mol. The van der Waals surface area contributed by atoms with E-state index in [1.54, 1.807) is 12.3 Å². The van der Waals surface area contributed by atoms with Crippen LogP contribution in [0.25, 0.3) is 11.0 Å². The molecule has 0 amide bonds. The third-order valence-corrected chi connectivity index (χ3v) is 5.22. The van der Waals surface area contributed by atoms with Gasteiger partial charge in [-0.2, -0.15) is 23.1 Å². The number of rotatable bonds is 8. The van der Waals surface area contributed by atoms with Crippen LogP contribution in [0.5, 0.6) is 11.6 Å². The standard InChI is InChI=1S/C21H24F3N5O4/c1-31-16-12-13(17(21(22,23)24)29-6-9-32-10-7-29)2-3-15(16)26-20-27-18-14(4-5-25-18)19(28-20)33-11-8-30/h2-5,12,17,30H,6-11H2,1H3,(H2,25,26,27,28)/t17-/m1/s1. The molecule has 1 aromatic carbocycles. The Morgan fingerprint density at radius 2 is 2.03 bits per heavy atom. The van der Waals surface area contributed by atoms with E-state index in [0.29, 0.717) is 16.7 Å². The van der Waals surface area contributed by atoms with E-state index in [9.17, 15) is 13.2 Å². The molecule has 1 aliphatic rings. The third-order valence-electron chi connectivity index (χ3n) is 5.22. The van der Waals surface area contributed by atoms with Gasteiger partial charge in [-0.05, 0) is 23.8 Å². The first-order valence-corrected chi connectivity index (χ1v) is 10.3. The normalized spacial score (nSPS) is 16.0. The Bertz CT molecular complexity index is 1090. The number of aromatic nitrogens is 3. The topological polar surface area (TPSA) is 105 Å². The predicted octanol–water partition coefficient (Wildman–Crippen LogP) is 3.02. The number of ether oxygens (including phenoxy) is 3. The lowest BCUT2D eigenvalue weighted by Gasteiger charge is -2.36. The van der Waals surface area contributed by atoms with Crippen molar-refractivity contribution in [1.29, 1.82) is 0 Å². The number of fused-ring (bicyclic) bond motifs is 1. The van der Waals surface area contributed by atoms with Gasteiger partial charge in [0.1, 0.15) is 24.0 Å². The number of aliphatic hydroxyl groups is 1. The molecule has 1 fully saturated rings. The summed E-state index contributed by atoms with van der Waals surface area (Å²) in [4.78, 5) is 13.0. The molecule has 33 heavy (non-hydrogen) atoms. The zero-order chi connectivity index (χ0) is 23.4. The Morgan fingerprint density at radius 3 is 2.73 bits per heavy atom. The average Bonchev–Trinajstić information content (AvgIpc) is 3.27. The van der Waals surface area contributed by atoms with Crippen molar-refractivity contribution in [3.05, 3.63) is 36.0 Å². The van der Waals surface area contributed by atoms with Gasteiger partial charge in [0, 0.05) is 19.3 Å². The van der Waals surface area contributed by atoms with E-state index in [1.807, 2.05) is 0 Å². The van der Waals surface area contributed by atoms with E-state index >= 15 is 0 Å². The quantitative estimate of drug-likeness (QED) is 0.465. The van der Waals surface area contributed by atoms with Crippen LogP contribution >= 0.6 is 0 Å². The van der Waals surface area contributed by atoms with Gasteiger partial charge in [0.15, 0.2) is 0 Å². The zero-order valence-electron chi connectivity index (χ0n) is 17.9. The van der Waals surface area contributed by atoms with Crippen LogP contribution in [0.1, 0.15) is 11.6 Å². The van der Waals surface area contributed by atoms with Crippen LogP contribution in [0.2, 0.25) is 0 Å². The van der Waals surface area contributed by atoms with Gasteiger partial charge in [0.25, 0.3) is 0 Å². The minimum atomic E-state index is -4.46. The number of halogens is 3. The fourth-order valence-electron chi connectivity index (χ4n) is 3.77. The van der Waals surface area contributed by atoms with Gasteiger partial charge in [0.05, 0.1) is 38.0 Å². The summed E-state index contributed by atoms with van der Waals surface area (Å²) >= 11 is 0. The van der Waals surface area contributed by atoms with Crippen LogP contribution in [-0.2, 0) is 4.74 Å². The number of aliphatic hydroxyl groups excluding tert-OH is 1. The molecule has 0 unspecified atom stereocenters. The molecule has 1 aliphatic heterocycles. The van der Waals surface area contributed by atoms with E-state index in [4.69, 9.17) is 19.3 Å². The van der Waals surface area contributed by atoms with Crippen molar-refractivity contribution < 1.29 is 32.5 Å². The Balaban J connectivity index is 1.64. The summed E-state index contributed by atoms with van der Waals surface area (Å²) in [5.41, 5.74) is 0.961. The molecule has 2 aromatic heterocycles. The number of benzene rings is 1. The molecule has 0 aliphatic carbocycles. The largest absolute Gasteiger partial charge is 0.495 e. The lowest BCUT2D eigenvalue weighted by molar-refractivity contribution is -0.194. The van der Waals surface area contributed by atoms with E-state index < -0.39 is 12.2 Å². The van der Waals surface area contributed by atoms with Crippen LogP contribution < -0.4 is 14.8 Å². The summed E-state index contributed by atoms with van der Waals surface area (Å²) in [6, 6.07) is 4.25. The fourth-order valence-corrected chi connectivity index (χ4v) is 3.77. The summed E-state index contributed by atoms with van der Waals surface area (Å²) in [5, 5.41) is 12.7. The molecule has 12 heteroatoms. The second kappa shape index (κ2) is 9.81. The maximum Gasteiger partial charge on any atom is 0.408 e.